The van der Waals surface area contributed by atoms with Crippen LogP contribution in [0.15, 0.2) is 40.2 Å². The van der Waals surface area contributed by atoms with Gasteiger partial charge in [-0.05, 0) is 30.9 Å². The smallest absolute Gasteiger partial charge is 0.349 e. The molecule has 3 aromatic rings. The molecular weight excluding hydrogens is 300 g/mol. The molecule has 112 valence electrons. The van der Waals surface area contributed by atoms with Gasteiger partial charge in [0.2, 0.25) is 5.82 Å². The number of aromatic nitrogens is 2. The van der Waals surface area contributed by atoms with Crippen LogP contribution >= 0.6 is 11.3 Å². The van der Waals surface area contributed by atoms with Crippen LogP contribution in [0.3, 0.4) is 0 Å². The van der Waals surface area contributed by atoms with Gasteiger partial charge in [0.15, 0.2) is 6.61 Å². The van der Waals surface area contributed by atoms with Gasteiger partial charge in [-0.15, -0.1) is 11.3 Å². The standard InChI is InChI=1S/C16H14N2O3S/c1-10-3-5-12(6-4-10)15-17-13(21-18-15)9-20-16(19)14-11(2)7-8-22-14/h3-8H,9H2,1-2H3. The highest BCUT2D eigenvalue weighted by atomic mass is 32.1. The molecule has 0 aliphatic carbocycles. The van der Waals surface area contributed by atoms with Crippen LogP contribution in [0.2, 0.25) is 0 Å². The van der Waals surface area contributed by atoms with Crippen LogP contribution < -0.4 is 0 Å². The van der Waals surface area contributed by atoms with E-state index in [9.17, 15) is 4.79 Å². The molecule has 0 aliphatic rings. The fourth-order valence-electron chi connectivity index (χ4n) is 1.91. The maximum absolute atomic E-state index is 11.9. The monoisotopic (exact) mass is 314 g/mol. The number of aryl methyl sites for hydroxylation is 2. The molecule has 0 unspecified atom stereocenters. The van der Waals surface area contributed by atoms with Gasteiger partial charge in [0, 0.05) is 5.56 Å². The molecule has 0 aliphatic heterocycles. The number of carbonyl (C=O) groups is 1. The van der Waals surface area contributed by atoms with Gasteiger partial charge < -0.3 is 9.26 Å². The molecular formula is C16H14N2O3S. The zero-order valence-electron chi connectivity index (χ0n) is 12.2. The van der Waals surface area contributed by atoms with Crippen LogP contribution in [-0.2, 0) is 11.3 Å². The SMILES string of the molecule is Cc1ccc(-c2noc(COC(=O)c3sccc3C)n2)cc1. The normalized spacial score (nSPS) is 10.6. The van der Waals surface area contributed by atoms with Crippen molar-refractivity contribution in [1.29, 1.82) is 0 Å². The Hall–Kier alpha value is -2.47. The number of benzene rings is 1. The predicted molar refractivity (Wildman–Crippen MR) is 82.6 cm³/mol. The number of hydrogen-bond acceptors (Lipinski definition) is 6. The van der Waals surface area contributed by atoms with E-state index in [1.54, 1.807) is 0 Å². The van der Waals surface area contributed by atoms with Crippen LogP contribution in [0.25, 0.3) is 11.4 Å². The van der Waals surface area contributed by atoms with E-state index in [-0.39, 0.29) is 18.5 Å². The van der Waals surface area contributed by atoms with Crippen molar-refractivity contribution in [3.63, 3.8) is 0 Å². The van der Waals surface area contributed by atoms with Crippen molar-refractivity contribution in [2.45, 2.75) is 20.5 Å². The molecule has 5 nitrogen and oxygen atoms in total. The van der Waals surface area contributed by atoms with E-state index in [0.717, 1.165) is 16.7 Å². The highest BCUT2D eigenvalue weighted by molar-refractivity contribution is 7.12. The lowest BCUT2D eigenvalue weighted by Crippen LogP contribution is -2.04. The summed E-state index contributed by atoms with van der Waals surface area (Å²) in [5.41, 5.74) is 2.93. The molecule has 2 aromatic heterocycles. The third kappa shape index (κ3) is 3.07. The Morgan fingerprint density at radius 2 is 2.00 bits per heavy atom. The first-order valence-corrected chi connectivity index (χ1v) is 7.62. The van der Waals surface area contributed by atoms with E-state index in [4.69, 9.17) is 9.26 Å². The molecule has 0 amide bonds. The molecule has 0 fully saturated rings. The fraction of sp³-hybridized carbons (Fsp3) is 0.188. The summed E-state index contributed by atoms with van der Waals surface area (Å²) in [7, 11) is 0. The Morgan fingerprint density at radius 1 is 1.23 bits per heavy atom. The molecule has 0 spiro atoms. The summed E-state index contributed by atoms with van der Waals surface area (Å²) in [4.78, 5) is 16.7. The lowest BCUT2D eigenvalue weighted by atomic mass is 10.1. The first kappa shape index (κ1) is 14.5. The van der Waals surface area contributed by atoms with Gasteiger partial charge >= 0.3 is 5.97 Å². The Morgan fingerprint density at radius 3 is 2.68 bits per heavy atom. The lowest BCUT2D eigenvalue weighted by Gasteiger charge is -2.00. The lowest BCUT2D eigenvalue weighted by molar-refractivity contribution is 0.0435. The maximum Gasteiger partial charge on any atom is 0.349 e. The van der Waals surface area contributed by atoms with Crippen LogP contribution in [-0.4, -0.2) is 16.1 Å². The van der Waals surface area contributed by atoms with Gasteiger partial charge in [-0.1, -0.05) is 35.0 Å². The molecule has 0 bridgehead atoms. The molecule has 0 saturated heterocycles. The second-order valence-corrected chi connectivity index (χ2v) is 5.80. The van der Waals surface area contributed by atoms with Crippen molar-refractivity contribution in [3.05, 3.63) is 57.6 Å². The van der Waals surface area contributed by atoms with Crippen molar-refractivity contribution >= 4 is 17.3 Å². The third-order valence-corrected chi connectivity index (χ3v) is 4.15. The minimum atomic E-state index is -0.373. The Labute approximate surface area is 131 Å². The minimum Gasteiger partial charge on any atom is -0.451 e. The topological polar surface area (TPSA) is 65.2 Å². The molecule has 0 saturated carbocycles. The van der Waals surface area contributed by atoms with Crippen molar-refractivity contribution in [2.75, 3.05) is 0 Å². The van der Waals surface area contributed by atoms with Crippen molar-refractivity contribution < 1.29 is 14.1 Å². The molecule has 3 rings (SSSR count). The summed E-state index contributed by atoms with van der Waals surface area (Å²) in [6, 6.07) is 9.68. The summed E-state index contributed by atoms with van der Waals surface area (Å²) in [6.45, 7) is 3.85. The summed E-state index contributed by atoms with van der Waals surface area (Å²) in [6.07, 6.45) is 0. The van der Waals surface area contributed by atoms with Crippen molar-refractivity contribution in [1.82, 2.24) is 10.1 Å². The van der Waals surface area contributed by atoms with Gasteiger partial charge in [0.25, 0.3) is 5.89 Å². The molecule has 6 heteroatoms. The average molecular weight is 314 g/mol. The average Bonchev–Trinajstić information content (AvgIpc) is 3.14. The van der Waals surface area contributed by atoms with Crippen LogP contribution in [0.5, 0.6) is 0 Å². The molecule has 1 aromatic carbocycles. The zero-order chi connectivity index (χ0) is 15.5. The summed E-state index contributed by atoms with van der Waals surface area (Å²) >= 11 is 1.36. The summed E-state index contributed by atoms with van der Waals surface area (Å²) in [5.74, 6) is 0.388. The molecule has 0 N–H and O–H groups in total. The van der Waals surface area contributed by atoms with Crippen LogP contribution in [0.4, 0.5) is 0 Å². The summed E-state index contributed by atoms with van der Waals surface area (Å²) < 4.78 is 10.3. The second-order valence-electron chi connectivity index (χ2n) is 4.89. The predicted octanol–water partition coefficient (Wildman–Crippen LogP) is 3.77. The Bertz CT molecular complexity index is 790. The number of nitrogens with zero attached hydrogens (tertiary/aromatic N) is 2. The van der Waals surface area contributed by atoms with Crippen molar-refractivity contribution in [3.8, 4) is 11.4 Å². The largest absolute Gasteiger partial charge is 0.451 e. The molecule has 0 radical (unpaired) electrons. The van der Waals surface area contributed by atoms with E-state index >= 15 is 0 Å². The Balaban J connectivity index is 1.66. The molecule has 22 heavy (non-hydrogen) atoms. The van der Waals surface area contributed by atoms with Crippen LogP contribution in [0.1, 0.15) is 26.7 Å². The third-order valence-electron chi connectivity index (χ3n) is 3.15. The molecule has 0 atom stereocenters. The minimum absolute atomic E-state index is 0.0327. The zero-order valence-corrected chi connectivity index (χ0v) is 13.0. The number of ether oxygens (including phenoxy) is 1. The number of carbonyl (C=O) groups excluding carboxylic acids is 1. The first-order chi connectivity index (χ1) is 10.6. The van der Waals surface area contributed by atoms with E-state index in [2.05, 4.69) is 10.1 Å². The number of rotatable bonds is 4. The first-order valence-electron chi connectivity index (χ1n) is 6.74. The number of hydrogen-bond donors (Lipinski definition) is 0. The van der Waals surface area contributed by atoms with Gasteiger partial charge in [0.05, 0.1) is 0 Å². The highest BCUT2D eigenvalue weighted by Gasteiger charge is 2.15. The second kappa shape index (κ2) is 6.11. The van der Waals surface area contributed by atoms with E-state index in [1.165, 1.54) is 11.3 Å². The van der Waals surface area contributed by atoms with Gasteiger partial charge in [-0.2, -0.15) is 4.98 Å². The molecule has 2 heterocycles. The Kier molecular flexibility index (Phi) is 4.02. The fourth-order valence-corrected chi connectivity index (χ4v) is 2.73. The number of esters is 1. The van der Waals surface area contributed by atoms with Crippen LogP contribution in [0, 0.1) is 13.8 Å². The van der Waals surface area contributed by atoms with E-state index in [1.807, 2.05) is 49.6 Å². The van der Waals surface area contributed by atoms with Gasteiger partial charge in [0.1, 0.15) is 4.88 Å². The quantitative estimate of drug-likeness (QED) is 0.686. The highest BCUT2D eigenvalue weighted by Crippen LogP contribution is 2.19. The van der Waals surface area contributed by atoms with E-state index in [0.29, 0.717) is 10.7 Å². The summed E-state index contributed by atoms with van der Waals surface area (Å²) in [5, 5.41) is 5.75. The van der Waals surface area contributed by atoms with E-state index < -0.39 is 0 Å². The number of thiophene rings is 1. The van der Waals surface area contributed by atoms with Gasteiger partial charge in [-0.25, -0.2) is 4.79 Å². The van der Waals surface area contributed by atoms with Gasteiger partial charge in [-0.3, -0.25) is 0 Å². The van der Waals surface area contributed by atoms with Crippen molar-refractivity contribution in [2.24, 2.45) is 0 Å². The maximum atomic E-state index is 11.9.